The maximum atomic E-state index is 11.8. The van der Waals surface area contributed by atoms with Crippen molar-refractivity contribution in [1.82, 2.24) is 4.31 Å². The van der Waals surface area contributed by atoms with Gasteiger partial charge in [0.05, 0.1) is 16.8 Å². The lowest BCUT2D eigenvalue weighted by molar-refractivity contribution is 0.443. The third-order valence-corrected chi connectivity index (χ3v) is 4.11. The molecule has 0 rings (SSSR count). The molecular weight excluding hydrogens is 220 g/mol. The van der Waals surface area contributed by atoms with Crippen LogP contribution in [-0.2, 0) is 10.0 Å². The van der Waals surface area contributed by atoms with Crippen molar-refractivity contribution in [3.63, 3.8) is 0 Å². The van der Waals surface area contributed by atoms with E-state index in [2.05, 4.69) is 0 Å². The highest BCUT2D eigenvalue weighted by atomic mass is 32.2. The summed E-state index contributed by atoms with van der Waals surface area (Å²) in [5, 5.41) is -0.427. The van der Waals surface area contributed by atoms with E-state index in [1.807, 2.05) is 6.92 Å². The highest BCUT2D eigenvalue weighted by molar-refractivity contribution is 7.89. The summed E-state index contributed by atoms with van der Waals surface area (Å²) in [6.45, 7) is 5.83. The zero-order chi connectivity index (χ0) is 11.4. The van der Waals surface area contributed by atoms with E-state index in [9.17, 15) is 8.42 Å². The third kappa shape index (κ3) is 3.89. The zero-order valence-corrected chi connectivity index (χ0v) is 10.5. The topological polar surface area (TPSA) is 63.4 Å². The Morgan fingerprint density at radius 2 is 2.00 bits per heavy atom. The molecule has 0 amide bonds. The number of nitrogens with zero attached hydrogens (tertiary/aromatic N) is 1. The van der Waals surface area contributed by atoms with Gasteiger partial charge in [0.1, 0.15) is 0 Å². The summed E-state index contributed by atoms with van der Waals surface area (Å²) in [6, 6.07) is 0. The van der Waals surface area contributed by atoms with Gasteiger partial charge in [-0.15, -0.1) is 0 Å². The molecule has 0 aromatic heterocycles. The van der Waals surface area contributed by atoms with E-state index in [-0.39, 0.29) is 11.5 Å². The van der Waals surface area contributed by atoms with E-state index >= 15 is 0 Å². The summed E-state index contributed by atoms with van der Waals surface area (Å²) >= 11 is 4.71. The van der Waals surface area contributed by atoms with Gasteiger partial charge in [0.25, 0.3) is 0 Å². The molecule has 0 fully saturated rings. The fraction of sp³-hybridized carbons (Fsp3) is 0.875. The van der Waals surface area contributed by atoms with Gasteiger partial charge in [-0.3, -0.25) is 0 Å². The van der Waals surface area contributed by atoms with Crippen molar-refractivity contribution < 1.29 is 8.42 Å². The van der Waals surface area contributed by atoms with Crippen LogP contribution in [0.3, 0.4) is 0 Å². The van der Waals surface area contributed by atoms with Crippen LogP contribution in [0.5, 0.6) is 0 Å². The summed E-state index contributed by atoms with van der Waals surface area (Å²) in [4.78, 5) is 0.211. The standard InChI is InChI=1S/C8H18N2O2S2/c1-4-5-10(6-8(9)13)14(11,12)7(2)3/h7H,4-6H2,1-3H3,(H2,9,13). The predicted octanol–water partition coefficient (Wildman–Crippen LogP) is 0.723. The average molecular weight is 238 g/mol. The summed E-state index contributed by atoms with van der Waals surface area (Å²) in [5.74, 6) is 0. The van der Waals surface area contributed by atoms with E-state index in [0.717, 1.165) is 6.42 Å². The van der Waals surface area contributed by atoms with E-state index in [0.29, 0.717) is 6.54 Å². The van der Waals surface area contributed by atoms with Crippen LogP contribution in [0.25, 0.3) is 0 Å². The van der Waals surface area contributed by atoms with Crippen LogP contribution in [0, 0.1) is 0 Å². The van der Waals surface area contributed by atoms with Crippen molar-refractivity contribution >= 4 is 27.2 Å². The predicted molar refractivity (Wildman–Crippen MR) is 62.7 cm³/mol. The van der Waals surface area contributed by atoms with Crippen LogP contribution < -0.4 is 5.73 Å². The van der Waals surface area contributed by atoms with Crippen LogP contribution in [0.1, 0.15) is 27.2 Å². The van der Waals surface area contributed by atoms with Crippen LogP contribution >= 0.6 is 12.2 Å². The molecule has 6 heteroatoms. The molecule has 0 aliphatic rings. The highest BCUT2D eigenvalue weighted by Crippen LogP contribution is 2.08. The Morgan fingerprint density at radius 1 is 1.50 bits per heavy atom. The minimum Gasteiger partial charge on any atom is -0.392 e. The zero-order valence-electron chi connectivity index (χ0n) is 8.86. The van der Waals surface area contributed by atoms with E-state index in [1.165, 1.54) is 4.31 Å². The Labute approximate surface area is 91.5 Å². The molecule has 0 bridgehead atoms. The van der Waals surface area contributed by atoms with Gasteiger partial charge >= 0.3 is 0 Å². The Bertz CT molecular complexity index is 286. The van der Waals surface area contributed by atoms with Crippen molar-refractivity contribution in [3.8, 4) is 0 Å². The summed E-state index contributed by atoms with van der Waals surface area (Å²) in [6.07, 6.45) is 0.758. The number of sulfonamides is 1. The molecule has 0 saturated carbocycles. The molecule has 2 N–H and O–H groups in total. The second-order valence-electron chi connectivity index (χ2n) is 3.39. The lowest BCUT2D eigenvalue weighted by Gasteiger charge is -2.23. The highest BCUT2D eigenvalue weighted by Gasteiger charge is 2.25. The van der Waals surface area contributed by atoms with Gasteiger partial charge < -0.3 is 5.73 Å². The van der Waals surface area contributed by atoms with Crippen molar-refractivity contribution in [3.05, 3.63) is 0 Å². The number of hydrogen-bond acceptors (Lipinski definition) is 3. The fourth-order valence-electron chi connectivity index (χ4n) is 1.02. The average Bonchev–Trinajstić information content (AvgIpc) is 2.02. The second kappa shape index (κ2) is 5.63. The normalized spacial score (nSPS) is 12.4. The van der Waals surface area contributed by atoms with E-state index in [1.54, 1.807) is 13.8 Å². The SMILES string of the molecule is CCCN(CC(N)=S)S(=O)(=O)C(C)C. The first-order valence-electron chi connectivity index (χ1n) is 4.59. The van der Waals surface area contributed by atoms with Crippen molar-refractivity contribution in [2.45, 2.75) is 32.4 Å². The molecule has 0 saturated heterocycles. The Kier molecular flexibility index (Phi) is 5.54. The molecule has 0 spiro atoms. The van der Waals surface area contributed by atoms with Crippen LogP contribution in [0.2, 0.25) is 0 Å². The first-order valence-corrected chi connectivity index (χ1v) is 6.50. The largest absolute Gasteiger partial charge is 0.392 e. The number of hydrogen-bond donors (Lipinski definition) is 1. The van der Waals surface area contributed by atoms with Crippen molar-refractivity contribution in [2.75, 3.05) is 13.1 Å². The number of rotatable bonds is 6. The molecule has 0 aromatic rings. The summed E-state index contributed by atoms with van der Waals surface area (Å²) in [7, 11) is -3.23. The van der Waals surface area contributed by atoms with Crippen LogP contribution in [-0.4, -0.2) is 36.1 Å². The molecule has 0 aromatic carbocycles. The van der Waals surface area contributed by atoms with Crippen molar-refractivity contribution in [1.29, 1.82) is 0 Å². The quantitative estimate of drug-likeness (QED) is 0.693. The van der Waals surface area contributed by atoms with Gasteiger partial charge in [-0.1, -0.05) is 19.1 Å². The van der Waals surface area contributed by atoms with Crippen molar-refractivity contribution in [2.24, 2.45) is 5.73 Å². The Balaban J connectivity index is 4.73. The van der Waals surface area contributed by atoms with Gasteiger partial charge in [-0.25, -0.2) is 8.42 Å². The maximum absolute atomic E-state index is 11.8. The van der Waals surface area contributed by atoms with Crippen LogP contribution in [0.4, 0.5) is 0 Å². The molecule has 84 valence electrons. The Hall–Kier alpha value is -0.200. The number of thiocarbonyl (C=S) groups is 1. The number of nitrogens with two attached hydrogens (primary N) is 1. The van der Waals surface area contributed by atoms with Gasteiger partial charge in [0.15, 0.2) is 0 Å². The molecule has 0 heterocycles. The minimum atomic E-state index is -3.23. The molecule has 0 aliphatic carbocycles. The molecule has 4 nitrogen and oxygen atoms in total. The third-order valence-electron chi connectivity index (χ3n) is 1.76. The fourth-order valence-corrected chi connectivity index (χ4v) is 2.61. The first kappa shape index (κ1) is 13.8. The summed E-state index contributed by atoms with van der Waals surface area (Å²) < 4.78 is 24.9. The van der Waals surface area contributed by atoms with Crippen LogP contribution in [0.15, 0.2) is 0 Å². The van der Waals surface area contributed by atoms with Gasteiger partial charge in [-0.2, -0.15) is 4.31 Å². The lowest BCUT2D eigenvalue weighted by Crippen LogP contribution is -2.41. The molecule has 0 aliphatic heterocycles. The Morgan fingerprint density at radius 3 is 2.29 bits per heavy atom. The second-order valence-corrected chi connectivity index (χ2v) is 6.41. The maximum Gasteiger partial charge on any atom is 0.216 e. The van der Waals surface area contributed by atoms with E-state index < -0.39 is 15.3 Å². The monoisotopic (exact) mass is 238 g/mol. The smallest absolute Gasteiger partial charge is 0.216 e. The lowest BCUT2D eigenvalue weighted by atomic mass is 10.5. The molecule has 0 unspecified atom stereocenters. The molecular formula is C8H18N2O2S2. The minimum absolute atomic E-state index is 0.143. The van der Waals surface area contributed by atoms with Gasteiger partial charge in [0, 0.05) is 6.54 Å². The molecule has 0 atom stereocenters. The molecule has 14 heavy (non-hydrogen) atoms. The molecule has 0 radical (unpaired) electrons. The van der Waals surface area contributed by atoms with Gasteiger partial charge in [0.2, 0.25) is 10.0 Å². The van der Waals surface area contributed by atoms with E-state index in [4.69, 9.17) is 18.0 Å². The van der Waals surface area contributed by atoms with Gasteiger partial charge in [-0.05, 0) is 20.3 Å². The summed E-state index contributed by atoms with van der Waals surface area (Å²) in [5.41, 5.74) is 5.35. The first-order chi connectivity index (χ1) is 6.32.